The highest BCUT2D eigenvalue weighted by Gasteiger charge is 2.32. The lowest BCUT2D eigenvalue weighted by atomic mass is 9.69. The number of aromatic hydroxyl groups is 1. The third kappa shape index (κ3) is 4.04. The Bertz CT molecular complexity index is 1080. The zero-order valence-corrected chi connectivity index (χ0v) is 18.7. The van der Waals surface area contributed by atoms with E-state index in [0.717, 1.165) is 38.8 Å². The van der Waals surface area contributed by atoms with Crippen molar-refractivity contribution in [3.05, 3.63) is 95.1 Å². The fraction of sp³-hybridized carbons (Fsp3) is 0.345. The maximum atomic E-state index is 11.7. The molecule has 1 heterocycles. The van der Waals surface area contributed by atoms with E-state index in [9.17, 15) is 9.90 Å². The van der Waals surface area contributed by atoms with Gasteiger partial charge in [-0.05, 0) is 85.0 Å². The lowest BCUT2D eigenvalue weighted by Crippen LogP contribution is -2.35. The number of benzene rings is 3. The molecule has 2 aliphatic rings. The van der Waals surface area contributed by atoms with Crippen LogP contribution in [0.5, 0.6) is 5.75 Å². The summed E-state index contributed by atoms with van der Waals surface area (Å²) in [6, 6.07) is 25.8. The lowest BCUT2D eigenvalue weighted by molar-refractivity contribution is -0.121. The third-order valence-electron chi connectivity index (χ3n) is 7.50. The number of phenols is 1. The topological polar surface area (TPSA) is 40.5 Å². The number of hydrogen-bond acceptors (Lipinski definition) is 3. The van der Waals surface area contributed by atoms with Gasteiger partial charge in [0.25, 0.3) is 0 Å². The minimum Gasteiger partial charge on any atom is -0.508 e. The Labute approximate surface area is 190 Å². The van der Waals surface area contributed by atoms with E-state index in [4.69, 9.17) is 0 Å². The fourth-order valence-electron chi connectivity index (χ4n) is 5.71. The Morgan fingerprint density at radius 3 is 2.28 bits per heavy atom. The first-order chi connectivity index (χ1) is 15.6. The minimum atomic E-state index is 0.229. The van der Waals surface area contributed by atoms with Crippen molar-refractivity contribution in [2.45, 2.75) is 44.4 Å². The van der Waals surface area contributed by atoms with Crippen molar-refractivity contribution in [2.24, 2.45) is 5.92 Å². The molecule has 0 saturated carbocycles. The average Bonchev–Trinajstić information content (AvgIpc) is 2.84. The van der Waals surface area contributed by atoms with Crippen LogP contribution in [0.4, 0.5) is 5.69 Å². The molecule has 0 spiro atoms. The Hall–Kier alpha value is -3.07. The number of carbonyl (C=O) groups excluding carboxylic acids is 1. The molecule has 0 amide bonds. The van der Waals surface area contributed by atoms with E-state index in [1.807, 2.05) is 12.1 Å². The van der Waals surface area contributed by atoms with E-state index in [2.05, 4.69) is 65.6 Å². The molecule has 1 aliphatic carbocycles. The van der Waals surface area contributed by atoms with Crippen molar-refractivity contribution in [1.29, 1.82) is 0 Å². The van der Waals surface area contributed by atoms with Gasteiger partial charge in [0.1, 0.15) is 11.5 Å². The van der Waals surface area contributed by atoms with Crippen molar-refractivity contribution >= 4 is 11.5 Å². The third-order valence-corrected chi connectivity index (χ3v) is 7.50. The Balaban J connectivity index is 1.45. The van der Waals surface area contributed by atoms with Crippen LogP contribution in [0.3, 0.4) is 0 Å². The number of ketones is 1. The van der Waals surface area contributed by atoms with Gasteiger partial charge in [0.15, 0.2) is 0 Å². The predicted octanol–water partition coefficient (Wildman–Crippen LogP) is 6.06. The van der Waals surface area contributed by atoms with E-state index < -0.39 is 0 Å². The van der Waals surface area contributed by atoms with E-state index in [1.165, 1.54) is 27.9 Å². The number of fused-ring (bicyclic) bond motifs is 1. The number of carbonyl (C=O) groups is 1. The minimum absolute atomic E-state index is 0.229. The van der Waals surface area contributed by atoms with Crippen LogP contribution in [0.15, 0.2) is 72.8 Å². The molecule has 2 unspecified atom stereocenters. The first-order valence-corrected chi connectivity index (χ1v) is 11.8. The molecule has 0 bridgehead atoms. The summed E-state index contributed by atoms with van der Waals surface area (Å²) >= 11 is 0. The van der Waals surface area contributed by atoms with E-state index in [-0.39, 0.29) is 11.8 Å². The summed E-state index contributed by atoms with van der Waals surface area (Å²) in [5.41, 5.74) is 6.55. The fourth-order valence-corrected chi connectivity index (χ4v) is 5.71. The van der Waals surface area contributed by atoms with Gasteiger partial charge >= 0.3 is 0 Å². The zero-order valence-electron chi connectivity index (χ0n) is 18.7. The number of aryl methyl sites for hydroxylation is 1. The molecule has 3 heteroatoms. The highest BCUT2D eigenvalue weighted by molar-refractivity contribution is 5.78. The number of anilines is 1. The largest absolute Gasteiger partial charge is 0.508 e. The Kier molecular flexibility index (Phi) is 5.73. The molecule has 3 aromatic rings. The molecule has 5 rings (SSSR count). The number of phenolic OH excluding ortho intramolecular Hbond substituents is 1. The molecule has 1 N–H and O–H groups in total. The van der Waals surface area contributed by atoms with Gasteiger partial charge in [-0.2, -0.15) is 0 Å². The van der Waals surface area contributed by atoms with Crippen molar-refractivity contribution < 1.29 is 9.90 Å². The highest BCUT2D eigenvalue weighted by atomic mass is 16.3. The van der Waals surface area contributed by atoms with Gasteiger partial charge < -0.3 is 10.0 Å². The second kappa shape index (κ2) is 8.82. The number of hydrogen-bond donors (Lipinski definition) is 1. The number of rotatable bonds is 4. The number of Topliss-reactive ketones (excluding diaryl/α,β-unsaturated/α-hetero) is 1. The van der Waals surface area contributed by atoms with Gasteiger partial charge in [-0.3, -0.25) is 4.79 Å². The van der Waals surface area contributed by atoms with Crippen LogP contribution in [-0.2, 0) is 11.2 Å². The maximum Gasteiger partial charge on any atom is 0.133 e. The van der Waals surface area contributed by atoms with Crippen LogP contribution >= 0.6 is 0 Å². The van der Waals surface area contributed by atoms with Gasteiger partial charge in [-0.15, -0.1) is 0 Å². The summed E-state index contributed by atoms with van der Waals surface area (Å²) in [6.45, 7) is 3.61. The van der Waals surface area contributed by atoms with Crippen LogP contribution in [-0.4, -0.2) is 24.0 Å². The Morgan fingerprint density at radius 2 is 1.59 bits per heavy atom. The van der Waals surface area contributed by atoms with E-state index in [0.29, 0.717) is 17.5 Å². The summed E-state index contributed by atoms with van der Waals surface area (Å²) in [6.07, 6.45) is 3.97. The molecular formula is C29H31NO2. The molecule has 0 radical (unpaired) electrons. The van der Waals surface area contributed by atoms with Crippen molar-refractivity contribution in [3.63, 3.8) is 0 Å². The monoisotopic (exact) mass is 425 g/mol. The summed E-state index contributed by atoms with van der Waals surface area (Å²) in [5.74, 6) is 1.61. The van der Waals surface area contributed by atoms with Crippen LogP contribution in [0.25, 0.3) is 0 Å². The summed E-state index contributed by atoms with van der Waals surface area (Å²) in [7, 11) is 0. The summed E-state index contributed by atoms with van der Waals surface area (Å²) in [4.78, 5) is 14.1. The molecule has 1 aliphatic heterocycles. The molecule has 32 heavy (non-hydrogen) atoms. The summed E-state index contributed by atoms with van der Waals surface area (Å²) < 4.78 is 0. The second-order valence-electron chi connectivity index (χ2n) is 9.38. The maximum absolute atomic E-state index is 11.7. The lowest BCUT2D eigenvalue weighted by Gasteiger charge is -2.36. The van der Waals surface area contributed by atoms with E-state index >= 15 is 0 Å². The van der Waals surface area contributed by atoms with Crippen LogP contribution in [0.2, 0.25) is 0 Å². The average molecular weight is 426 g/mol. The van der Waals surface area contributed by atoms with Crippen LogP contribution < -0.4 is 4.90 Å². The van der Waals surface area contributed by atoms with Crippen molar-refractivity contribution in [3.8, 4) is 5.75 Å². The number of nitrogens with zero attached hydrogens (tertiary/aromatic N) is 1. The molecular weight excluding hydrogens is 394 g/mol. The Morgan fingerprint density at radius 1 is 0.875 bits per heavy atom. The van der Waals surface area contributed by atoms with Crippen molar-refractivity contribution in [2.75, 3.05) is 18.0 Å². The standard InChI is InChI=1S/C29H31NO2/c1-20(31)21-15-17-30(18-16-21)25-10-7-23(8-11-25)29-27(22-5-3-2-4-6-22)13-9-24-19-26(32)12-14-28(24)29/h2-8,10-12,14,19,21,27,29,32H,9,13,15-18H2,1H3. The van der Waals surface area contributed by atoms with Gasteiger partial charge in [0.2, 0.25) is 0 Å². The quantitative estimate of drug-likeness (QED) is 0.552. The van der Waals surface area contributed by atoms with Crippen LogP contribution in [0, 0.1) is 5.92 Å². The van der Waals surface area contributed by atoms with Gasteiger partial charge in [-0.25, -0.2) is 0 Å². The molecule has 2 atom stereocenters. The SMILES string of the molecule is CC(=O)C1CCN(c2ccc(C3c4ccc(O)cc4CCC3c3ccccc3)cc2)CC1. The molecule has 1 saturated heterocycles. The smallest absolute Gasteiger partial charge is 0.133 e. The van der Waals surface area contributed by atoms with Crippen LogP contribution in [0.1, 0.15) is 60.3 Å². The molecule has 1 fully saturated rings. The summed E-state index contributed by atoms with van der Waals surface area (Å²) in [5, 5.41) is 10.0. The molecule has 0 aromatic heterocycles. The highest BCUT2D eigenvalue weighted by Crippen LogP contribution is 2.47. The second-order valence-corrected chi connectivity index (χ2v) is 9.38. The normalized spacial score (nSPS) is 21.2. The zero-order chi connectivity index (χ0) is 22.1. The van der Waals surface area contributed by atoms with E-state index in [1.54, 1.807) is 6.92 Å². The van der Waals surface area contributed by atoms with Gasteiger partial charge in [0, 0.05) is 30.6 Å². The van der Waals surface area contributed by atoms with Gasteiger partial charge in [-0.1, -0.05) is 48.5 Å². The first-order valence-electron chi connectivity index (χ1n) is 11.8. The molecule has 3 aromatic carbocycles. The predicted molar refractivity (Wildman–Crippen MR) is 130 cm³/mol. The van der Waals surface area contributed by atoms with Gasteiger partial charge in [0.05, 0.1) is 0 Å². The number of piperidine rings is 1. The first kappa shape index (κ1) is 20.8. The van der Waals surface area contributed by atoms with Crippen molar-refractivity contribution in [1.82, 2.24) is 0 Å². The molecule has 164 valence electrons. The molecule has 3 nitrogen and oxygen atoms in total.